The van der Waals surface area contributed by atoms with Gasteiger partial charge in [0.15, 0.2) is 11.8 Å². The Balaban J connectivity index is 0.00000256. The summed E-state index contributed by atoms with van der Waals surface area (Å²) in [5.74, 6) is 3.08. The summed E-state index contributed by atoms with van der Waals surface area (Å²) in [4.78, 5) is 10.2. The van der Waals surface area contributed by atoms with E-state index in [0.717, 1.165) is 50.3 Å². The van der Waals surface area contributed by atoms with Crippen molar-refractivity contribution < 1.29 is 26.0 Å². The Morgan fingerprint density at radius 3 is 1.40 bits per heavy atom. The van der Waals surface area contributed by atoms with E-state index < -0.39 is 0 Å². The minimum absolute atomic E-state index is 0. The summed E-state index contributed by atoms with van der Waals surface area (Å²) in [5.41, 5.74) is -0.0895. The molecule has 2 fully saturated rings. The van der Waals surface area contributed by atoms with Crippen LogP contribution >= 0.6 is 0 Å². The van der Waals surface area contributed by atoms with Crippen molar-refractivity contribution >= 4 is 11.8 Å². The van der Waals surface area contributed by atoms with Crippen molar-refractivity contribution in [1.82, 2.24) is 0 Å². The summed E-state index contributed by atoms with van der Waals surface area (Å²) in [5, 5.41) is 0. The van der Waals surface area contributed by atoms with Gasteiger partial charge in [0.2, 0.25) is 0 Å². The Hall–Kier alpha value is -0.566. The van der Waals surface area contributed by atoms with Gasteiger partial charge in [-0.25, -0.2) is 9.98 Å². The second kappa shape index (κ2) is 9.92. The maximum atomic E-state index is 6.65. The van der Waals surface area contributed by atoms with Crippen molar-refractivity contribution in [1.29, 1.82) is 0 Å². The molecule has 0 N–H and O–H groups in total. The Bertz CT molecular complexity index is 577. The average Bonchev–Trinajstić information content (AvgIpc) is 3.13. The molecule has 0 bridgehead atoms. The monoisotopic (exact) mass is 460 g/mol. The molecule has 4 aliphatic rings. The van der Waals surface area contributed by atoms with Gasteiger partial charge >= 0.3 is 0 Å². The maximum Gasteiger partial charge on any atom is 0.193 e. The zero-order chi connectivity index (χ0) is 20.5. The first-order valence-electron chi connectivity index (χ1n) is 12.4. The normalized spacial score (nSPS) is 29.5. The van der Waals surface area contributed by atoms with Crippen LogP contribution in [0.5, 0.6) is 0 Å². The van der Waals surface area contributed by atoms with Gasteiger partial charge in [0, 0.05) is 16.5 Å². The van der Waals surface area contributed by atoms with Gasteiger partial charge < -0.3 is 9.47 Å². The van der Waals surface area contributed by atoms with Crippen molar-refractivity contribution in [3.8, 4) is 0 Å². The third-order valence-corrected chi connectivity index (χ3v) is 7.55. The first-order chi connectivity index (χ1) is 13.9. The summed E-state index contributed by atoms with van der Waals surface area (Å²) in [6, 6.07) is 0.629. The van der Waals surface area contributed by atoms with Crippen molar-refractivity contribution in [2.75, 3.05) is 0 Å². The van der Waals surface area contributed by atoms with Crippen LogP contribution in [0.15, 0.2) is 9.98 Å². The largest absolute Gasteiger partial charge is 0.472 e. The van der Waals surface area contributed by atoms with E-state index in [1.54, 1.807) is 0 Å². The van der Waals surface area contributed by atoms with Crippen LogP contribution in [-0.2, 0) is 26.0 Å². The van der Waals surface area contributed by atoms with E-state index in [1.165, 1.54) is 38.5 Å². The van der Waals surface area contributed by atoms with Crippen molar-refractivity contribution in [3.63, 3.8) is 0 Å². The molecule has 2 saturated carbocycles. The van der Waals surface area contributed by atoms with Gasteiger partial charge in [-0.3, -0.25) is 0 Å². The van der Waals surface area contributed by atoms with Crippen molar-refractivity contribution in [3.05, 3.63) is 0 Å². The molecule has 4 nitrogen and oxygen atoms in total. The molecule has 5 heteroatoms. The Morgan fingerprint density at radius 1 is 0.700 bits per heavy atom. The van der Waals surface area contributed by atoms with Crippen molar-refractivity contribution in [2.24, 2.45) is 21.8 Å². The maximum absolute atomic E-state index is 6.65. The molecule has 0 aromatic carbocycles. The molecule has 2 spiro atoms. The fourth-order valence-electron chi connectivity index (χ4n) is 6.13. The van der Waals surface area contributed by atoms with E-state index >= 15 is 0 Å². The molecule has 30 heavy (non-hydrogen) atoms. The van der Waals surface area contributed by atoms with Crippen LogP contribution in [0.3, 0.4) is 0 Å². The predicted molar refractivity (Wildman–Crippen MR) is 120 cm³/mol. The number of hydrogen-bond donors (Lipinski definition) is 0. The molecule has 0 radical (unpaired) electrons. The molecule has 0 aromatic rings. The summed E-state index contributed by atoms with van der Waals surface area (Å²) >= 11 is 0. The second-order valence-electron chi connectivity index (χ2n) is 11.0. The fraction of sp³-hybridized carbons (Fsp3) is 0.920. The van der Waals surface area contributed by atoms with E-state index in [9.17, 15) is 0 Å². The second-order valence-corrected chi connectivity index (χ2v) is 11.0. The van der Waals surface area contributed by atoms with Gasteiger partial charge in [0.05, 0.1) is 18.5 Å². The molecule has 174 valence electrons. The molecule has 0 amide bonds. The Morgan fingerprint density at radius 2 is 1.07 bits per heavy atom. The predicted octanol–water partition coefficient (Wildman–Crippen LogP) is 6.47. The standard InChI is InChI=1S/C25H42N2O2.Ni/c1-18(2)15-20-24(11-7-5-8-12-24)28-22(26-20)17-23-27-21(16-19(3)4)25(29-23)13-9-6-10-14-25;/h18-21H,5-17H2,1-4H3;/t20-,21-;/m1./s1. The first-order valence-corrected chi connectivity index (χ1v) is 12.4. The van der Waals surface area contributed by atoms with Gasteiger partial charge in [-0.05, 0) is 76.0 Å². The van der Waals surface area contributed by atoms with Crippen LogP contribution in [0.25, 0.3) is 0 Å². The number of ether oxygens (including phenoxy) is 2. The first kappa shape index (κ1) is 24.1. The van der Waals surface area contributed by atoms with E-state index in [4.69, 9.17) is 19.5 Å². The summed E-state index contributed by atoms with van der Waals surface area (Å²) < 4.78 is 13.3. The number of aliphatic imine (C=N–C) groups is 2. The molecule has 2 atom stereocenters. The Kier molecular flexibility index (Phi) is 7.97. The summed E-state index contributed by atoms with van der Waals surface area (Å²) in [6.45, 7) is 9.21. The molecular weight excluding hydrogens is 419 g/mol. The van der Waals surface area contributed by atoms with E-state index in [2.05, 4.69) is 27.7 Å². The van der Waals surface area contributed by atoms with Gasteiger partial charge in [-0.1, -0.05) is 40.5 Å². The molecule has 2 aliphatic carbocycles. The summed E-state index contributed by atoms with van der Waals surface area (Å²) in [7, 11) is 0. The Labute approximate surface area is 194 Å². The SMILES string of the molecule is CC(C)C[C@H]1N=C(CC2=N[C@H](CC(C)C)C3(CCCCC3)O2)OC12CCCCC2.[Ni]. The third-order valence-electron chi connectivity index (χ3n) is 7.55. The van der Waals surface area contributed by atoms with E-state index in [1.807, 2.05) is 0 Å². The van der Waals surface area contributed by atoms with Crippen LogP contribution in [-0.4, -0.2) is 35.1 Å². The van der Waals surface area contributed by atoms with Crippen LogP contribution in [0.1, 0.15) is 111 Å². The quantitative estimate of drug-likeness (QED) is 0.426. The number of rotatable bonds is 6. The molecule has 4 rings (SSSR count). The molecular formula is C25H42N2NiO2. The van der Waals surface area contributed by atoms with Gasteiger partial charge in [-0.2, -0.15) is 0 Å². The minimum Gasteiger partial charge on any atom is -0.472 e. The van der Waals surface area contributed by atoms with Crippen LogP contribution in [0.2, 0.25) is 0 Å². The number of nitrogens with zero attached hydrogens (tertiary/aromatic N) is 2. The van der Waals surface area contributed by atoms with Gasteiger partial charge in [0.25, 0.3) is 0 Å². The van der Waals surface area contributed by atoms with Gasteiger partial charge in [0.1, 0.15) is 11.2 Å². The molecule has 2 heterocycles. The summed E-state index contributed by atoms with van der Waals surface area (Å²) in [6.07, 6.45) is 15.3. The minimum atomic E-state index is -0.0448. The third kappa shape index (κ3) is 5.08. The van der Waals surface area contributed by atoms with Crippen LogP contribution in [0, 0.1) is 11.8 Å². The van der Waals surface area contributed by atoms with Crippen LogP contribution < -0.4 is 0 Å². The smallest absolute Gasteiger partial charge is 0.193 e. The molecule has 0 unspecified atom stereocenters. The van der Waals surface area contributed by atoms with Crippen LogP contribution in [0.4, 0.5) is 0 Å². The fourth-order valence-corrected chi connectivity index (χ4v) is 6.13. The zero-order valence-electron chi connectivity index (χ0n) is 19.5. The zero-order valence-corrected chi connectivity index (χ0v) is 20.5. The average molecular weight is 461 g/mol. The topological polar surface area (TPSA) is 43.2 Å². The molecule has 0 aromatic heterocycles. The number of hydrogen-bond acceptors (Lipinski definition) is 4. The van der Waals surface area contributed by atoms with E-state index in [0.29, 0.717) is 30.3 Å². The van der Waals surface area contributed by atoms with Gasteiger partial charge in [-0.15, -0.1) is 0 Å². The molecule has 2 aliphatic heterocycles. The van der Waals surface area contributed by atoms with E-state index in [-0.39, 0.29) is 27.7 Å². The molecule has 0 saturated heterocycles. The van der Waals surface area contributed by atoms with Crippen molar-refractivity contribution in [2.45, 2.75) is 134 Å².